The predicted molar refractivity (Wildman–Crippen MR) is 227 cm³/mol. The fourth-order valence-electron chi connectivity index (χ4n) is 5.57. The maximum atomic E-state index is 12.2. The van der Waals surface area contributed by atoms with Gasteiger partial charge in [-0.05, 0) is 104 Å². The van der Waals surface area contributed by atoms with Crippen molar-refractivity contribution < 1.29 is 33.8 Å². The third-order valence-electron chi connectivity index (χ3n) is 8.87. The van der Waals surface area contributed by atoms with Crippen LogP contribution in [0.15, 0.2) is 48.5 Å². The van der Waals surface area contributed by atoms with Crippen LogP contribution in [0.4, 0.5) is 21.0 Å². The highest BCUT2D eigenvalue weighted by Gasteiger charge is 2.18. The van der Waals surface area contributed by atoms with Gasteiger partial charge in [0.2, 0.25) is 5.91 Å². The van der Waals surface area contributed by atoms with Gasteiger partial charge in [0.25, 0.3) is 0 Å². The second kappa shape index (κ2) is 25.0. The minimum atomic E-state index is -0.700. The molecular formula is C42H70N8O7. The molecule has 0 aromatic heterocycles. The number of nitrogens with zero attached hydrogens (tertiary/aromatic N) is 4. The molecule has 0 bridgehead atoms. The summed E-state index contributed by atoms with van der Waals surface area (Å²) in [6.07, 6.45) is 1.45. The lowest BCUT2D eigenvalue weighted by molar-refractivity contribution is -0.137. The molecule has 6 N–H and O–H groups in total. The molecule has 0 radical (unpaired) electrons. The number of hydrogen-bond donors (Lipinski definition) is 5. The van der Waals surface area contributed by atoms with Crippen LogP contribution in [0.25, 0.3) is 0 Å². The number of nitrogens with two attached hydrogens (primary N) is 1. The Balaban J connectivity index is 0.000000327. The maximum Gasteiger partial charge on any atom is 0.407 e. The first-order valence-electron chi connectivity index (χ1n) is 20.0. The van der Waals surface area contributed by atoms with E-state index in [9.17, 15) is 19.2 Å². The number of alkyl carbamates (subject to hydrolysis) is 2. The summed E-state index contributed by atoms with van der Waals surface area (Å²) in [5, 5.41) is 16.9. The van der Waals surface area contributed by atoms with Crippen LogP contribution in [0.5, 0.6) is 0 Å². The van der Waals surface area contributed by atoms with Crippen molar-refractivity contribution in [1.82, 2.24) is 30.2 Å². The van der Waals surface area contributed by atoms with Gasteiger partial charge in [0.05, 0.1) is 6.42 Å². The highest BCUT2D eigenvalue weighted by Crippen LogP contribution is 2.12. The second-order valence-electron chi connectivity index (χ2n) is 16.5. The first-order chi connectivity index (χ1) is 26.8. The maximum absolute atomic E-state index is 12.2. The van der Waals surface area contributed by atoms with Crippen LogP contribution in [-0.2, 0) is 31.9 Å². The fourth-order valence-corrected chi connectivity index (χ4v) is 5.57. The number of carboxylic acid groups (broad SMARTS) is 1. The van der Waals surface area contributed by atoms with Crippen molar-refractivity contribution in [3.63, 3.8) is 0 Å². The number of likely N-dealkylation sites (N-methyl/N-ethyl adjacent to an activating group) is 2. The third kappa shape index (κ3) is 24.7. The minimum Gasteiger partial charge on any atom is -0.481 e. The van der Waals surface area contributed by atoms with E-state index >= 15 is 0 Å². The van der Waals surface area contributed by atoms with E-state index < -0.39 is 23.3 Å². The zero-order chi connectivity index (χ0) is 42.4. The molecule has 15 nitrogen and oxygen atoms in total. The number of aliphatic carboxylic acids is 1. The van der Waals surface area contributed by atoms with Gasteiger partial charge in [0.1, 0.15) is 11.2 Å². The van der Waals surface area contributed by atoms with Gasteiger partial charge in [-0.15, -0.1) is 0 Å². The van der Waals surface area contributed by atoms with E-state index in [1.54, 1.807) is 0 Å². The van der Waals surface area contributed by atoms with Gasteiger partial charge in [0, 0.05) is 96.3 Å². The quantitative estimate of drug-likeness (QED) is 0.181. The van der Waals surface area contributed by atoms with Crippen LogP contribution in [0, 0.1) is 0 Å². The Morgan fingerprint density at radius 1 is 0.632 bits per heavy atom. The smallest absolute Gasteiger partial charge is 0.407 e. The monoisotopic (exact) mass is 799 g/mol. The zero-order valence-electron chi connectivity index (χ0n) is 35.7. The average Bonchev–Trinajstić information content (AvgIpc) is 3.12. The summed E-state index contributed by atoms with van der Waals surface area (Å²) in [4.78, 5) is 54.5. The van der Waals surface area contributed by atoms with Gasteiger partial charge in [-0.1, -0.05) is 24.3 Å². The van der Waals surface area contributed by atoms with E-state index in [4.69, 9.17) is 20.3 Å². The third-order valence-corrected chi connectivity index (χ3v) is 8.87. The summed E-state index contributed by atoms with van der Waals surface area (Å²) < 4.78 is 10.3. The van der Waals surface area contributed by atoms with E-state index in [2.05, 4.69) is 49.6 Å². The van der Waals surface area contributed by atoms with Gasteiger partial charge in [-0.25, -0.2) is 9.59 Å². The normalized spacial score (nSPS) is 15.5. The van der Waals surface area contributed by atoms with E-state index in [1.807, 2.05) is 90.1 Å². The molecule has 0 aliphatic carbocycles. The number of anilines is 2. The van der Waals surface area contributed by atoms with Crippen molar-refractivity contribution >= 4 is 35.4 Å². The Morgan fingerprint density at radius 3 is 1.40 bits per heavy atom. The molecule has 0 spiro atoms. The molecule has 2 aliphatic heterocycles. The molecule has 2 heterocycles. The second-order valence-corrected chi connectivity index (χ2v) is 16.5. The molecule has 0 atom stereocenters. The fraction of sp³-hybridized carbons (Fsp3) is 0.619. The lowest BCUT2D eigenvalue weighted by Crippen LogP contribution is -2.45. The number of amides is 3. The topological polar surface area (TPSA) is 182 Å². The lowest BCUT2D eigenvalue weighted by atomic mass is 10.1. The molecule has 2 aromatic rings. The number of nitrogens with one attached hydrogen (secondary N) is 3. The number of rotatable bonds is 13. The SMILES string of the molecule is CC(C)(C)OC(=O)NCCc1ccc(N)cc1.CN1CCN(CCC(=O)Nc2ccc(CCNC(=O)OC(C)(C)C)cc2)CC1.CN1CCN(CCC(=O)O)CC1. The number of nitrogen functional groups attached to an aromatic ring is 1. The molecule has 320 valence electrons. The summed E-state index contributed by atoms with van der Waals surface area (Å²) in [6, 6.07) is 15.3. The number of carbonyl (C=O) groups excluding carboxylic acids is 3. The number of ether oxygens (including phenoxy) is 2. The van der Waals surface area contributed by atoms with E-state index in [-0.39, 0.29) is 18.4 Å². The summed E-state index contributed by atoms with van der Waals surface area (Å²) in [5.41, 5.74) is 8.40. The Labute approximate surface area is 340 Å². The molecule has 3 amide bonds. The molecule has 0 saturated carbocycles. The summed E-state index contributed by atoms with van der Waals surface area (Å²) >= 11 is 0. The number of benzene rings is 2. The van der Waals surface area contributed by atoms with Gasteiger partial charge in [-0.2, -0.15) is 0 Å². The van der Waals surface area contributed by atoms with Crippen LogP contribution in [-0.4, -0.2) is 153 Å². The van der Waals surface area contributed by atoms with E-state index in [0.717, 1.165) is 87.8 Å². The Morgan fingerprint density at radius 2 is 1.02 bits per heavy atom. The Bertz CT molecular complexity index is 1480. The molecule has 2 aromatic carbocycles. The van der Waals surface area contributed by atoms with Crippen LogP contribution < -0.4 is 21.7 Å². The van der Waals surface area contributed by atoms with Crippen molar-refractivity contribution in [2.24, 2.45) is 0 Å². The average molecular weight is 799 g/mol. The molecule has 2 fully saturated rings. The molecular weight excluding hydrogens is 729 g/mol. The van der Waals surface area contributed by atoms with Crippen LogP contribution >= 0.6 is 0 Å². The van der Waals surface area contributed by atoms with Crippen LogP contribution in [0.3, 0.4) is 0 Å². The Hall–Kier alpha value is -4.44. The van der Waals surface area contributed by atoms with E-state index in [0.29, 0.717) is 32.5 Å². The highest BCUT2D eigenvalue weighted by molar-refractivity contribution is 5.90. The van der Waals surface area contributed by atoms with Gasteiger partial charge in [-0.3, -0.25) is 9.59 Å². The molecule has 4 rings (SSSR count). The molecule has 57 heavy (non-hydrogen) atoms. The number of piperazine rings is 2. The van der Waals surface area contributed by atoms with Crippen molar-refractivity contribution in [2.45, 2.75) is 78.4 Å². The van der Waals surface area contributed by atoms with Gasteiger partial charge >= 0.3 is 18.2 Å². The van der Waals surface area contributed by atoms with Crippen molar-refractivity contribution in [1.29, 1.82) is 0 Å². The van der Waals surface area contributed by atoms with Crippen LogP contribution in [0.1, 0.15) is 65.5 Å². The van der Waals surface area contributed by atoms with Crippen molar-refractivity contribution in [3.8, 4) is 0 Å². The molecule has 15 heteroatoms. The van der Waals surface area contributed by atoms with Crippen LogP contribution in [0.2, 0.25) is 0 Å². The first kappa shape index (κ1) is 48.7. The number of carboxylic acids is 1. The van der Waals surface area contributed by atoms with Crippen molar-refractivity contribution in [3.05, 3.63) is 59.7 Å². The lowest BCUT2D eigenvalue weighted by Gasteiger charge is -2.32. The molecule has 2 saturated heterocycles. The first-order valence-corrected chi connectivity index (χ1v) is 20.0. The predicted octanol–water partition coefficient (Wildman–Crippen LogP) is 4.37. The largest absolute Gasteiger partial charge is 0.481 e. The highest BCUT2D eigenvalue weighted by atomic mass is 16.6. The zero-order valence-corrected chi connectivity index (χ0v) is 35.7. The summed E-state index contributed by atoms with van der Waals surface area (Å²) in [6.45, 7) is 21.9. The van der Waals surface area contributed by atoms with Crippen molar-refractivity contribution in [2.75, 3.05) is 104 Å². The summed E-state index contributed by atoms with van der Waals surface area (Å²) in [5.74, 6) is -0.660. The van der Waals surface area contributed by atoms with Gasteiger partial charge < -0.3 is 55.9 Å². The van der Waals surface area contributed by atoms with E-state index in [1.165, 1.54) is 0 Å². The molecule has 2 aliphatic rings. The number of carbonyl (C=O) groups is 4. The number of hydrogen-bond acceptors (Lipinski definition) is 11. The molecule has 0 unspecified atom stereocenters. The standard InChI is InChI=1S/C21H34N4O3.C13H20N2O2.C8H16N2O2/c1-21(2,3)28-20(27)22-11-9-17-5-7-18(8-6-17)23-19(26)10-12-25-15-13-24(4)14-16-25;1-13(2,3)17-12(16)15-9-8-10-4-6-11(14)7-5-10;1-9-4-6-10(7-5-9)3-2-8(11)12/h5-8H,9-16H2,1-4H3,(H,22,27)(H,23,26);4-7H,8-9,14H2,1-3H3,(H,15,16);2-7H2,1H3,(H,11,12). The van der Waals surface area contributed by atoms with Gasteiger partial charge in [0.15, 0.2) is 0 Å². The summed E-state index contributed by atoms with van der Waals surface area (Å²) in [7, 11) is 4.22. The minimum absolute atomic E-state index is 0.0401. The Kier molecular flexibility index (Phi) is 21.4.